The number of nitrogens with zero attached hydrogens (tertiary/aromatic N) is 2. The maximum atomic E-state index is 12.1. The summed E-state index contributed by atoms with van der Waals surface area (Å²) in [6, 6.07) is 4.46. The number of thiazole rings is 1. The van der Waals surface area contributed by atoms with Gasteiger partial charge in [0, 0.05) is 17.5 Å². The van der Waals surface area contributed by atoms with Gasteiger partial charge in [-0.1, -0.05) is 0 Å². The first-order valence-corrected chi connectivity index (χ1v) is 7.98. The molecule has 21 heavy (non-hydrogen) atoms. The molecule has 0 saturated carbocycles. The molecule has 0 aliphatic heterocycles. The zero-order valence-corrected chi connectivity index (χ0v) is 11.9. The number of carboxylic acids is 1. The topological polar surface area (TPSA) is 127 Å². The number of hydrogen-bond acceptors (Lipinski definition) is 7. The van der Waals surface area contributed by atoms with E-state index in [2.05, 4.69) is 4.98 Å². The molecule has 1 N–H and O–H groups in total. The Morgan fingerprint density at radius 3 is 2.43 bits per heavy atom. The summed E-state index contributed by atoms with van der Waals surface area (Å²) in [5.74, 6) is -1.69. The molecule has 1 aromatic carbocycles. The van der Waals surface area contributed by atoms with E-state index < -0.39 is 26.5 Å². The smallest absolute Gasteiger partial charge is 0.365 e. The first-order chi connectivity index (χ1) is 9.79. The molecular weight excluding hydrogens is 320 g/mol. The minimum absolute atomic E-state index is 0.0852. The third-order valence-electron chi connectivity index (χ3n) is 2.48. The highest BCUT2D eigenvalue weighted by molar-refractivity contribution is 7.90. The molecule has 0 radical (unpaired) electrons. The van der Waals surface area contributed by atoms with E-state index >= 15 is 0 Å². The van der Waals surface area contributed by atoms with Crippen LogP contribution in [0.2, 0.25) is 0 Å². The second-order valence-corrected chi connectivity index (χ2v) is 6.81. The SMILES string of the molecule is O=C(O)c1nc(CS(=O)(=O)c2ccc([N+](=O)[O-])cc2)cs1. The maximum absolute atomic E-state index is 12.1. The van der Waals surface area contributed by atoms with Crippen LogP contribution in [0.25, 0.3) is 0 Å². The number of aromatic carboxylic acids is 1. The number of aromatic nitrogens is 1. The van der Waals surface area contributed by atoms with Crippen molar-refractivity contribution in [1.82, 2.24) is 4.98 Å². The Balaban J connectivity index is 2.24. The van der Waals surface area contributed by atoms with Crippen molar-refractivity contribution in [2.75, 3.05) is 0 Å². The van der Waals surface area contributed by atoms with Crippen molar-refractivity contribution in [1.29, 1.82) is 0 Å². The van der Waals surface area contributed by atoms with Gasteiger partial charge in [0.1, 0.15) is 0 Å². The average Bonchev–Trinajstić information content (AvgIpc) is 2.87. The molecule has 1 heterocycles. The van der Waals surface area contributed by atoms with E-state index in [0.717, 1.165) is 35.6 Å². The lowest BCUT2D eigenvalue weighted by atomic mass is 10.3. The second kappa shape index (κ2) is 5.58. The summed E-state index contributed by atoms with van der Waals surface area (Å²) < 4.78 is 24.2. The van der Waals surface area contributed by atoms with Gasteiger partial charge in [0.2, 0.25) is 5.01 Å². The average molecular weight is 328 g/mol. The maximum Gasteiger partial charge on any atom is 0.365 e. The molecule has 0 aliphatic carbocycles. The Morgan fingerprint density at radius 1 is 1.33 bits per heavy atom. The molecule has 10 heteroatoms. The van der Waals surface area contributed by atoms with Crippen LogP contribution in [0.4, 0.5) is 5.69 Å². The molecule has 0 spiro atoms. The molecule has 1 aromatic heterocycles. The van der Waals surface area contributed by atoms with E-state index in [9.17, 15) is 23.3 Å². The van der Waals surface area contributed by atoms with Crippen LogP contribution in [0.1, 0.15) is 15.5 Å². The van der Waals surface area contributed by atoms with Gasteiger partial charge < -0.3 is 5.11 Å². The van der Waals surface area contributed by atoms with Crippen LogP contribution in [-0.2, 0) is 15.6 Å². The number of carboxylic acid groups (broad SMARTS) is 1. The molecule has 0 amide bonds. The quantitative estimate of drug-likeness (QED) is 0.653. The molecule has 2 aromatic rings. The van der Waals surface area contributed by atoms with Crippen molar-refractivity contribution < 1.29 is 23.2 Å². The van der Waals surface area contributed by atoms with Crippen LogP contribution < -0.4 is 0 Å². The molecule has 0 aliphatic rings. The second-order valence-electron chi connectivity index (χ2n) is 3.96. The standard InChI is InChI=1S/C11H8N2O6S2/c14-11(15)10-12-7(5-20-10)6-21(18,19)9-3-1-8(2-4-9)13(16)17/h1-5H,6H2,(H,14,15). The lowest BCUT2D eigenvalue weighted by molar-refractivity contribution is -0.384. The number of benzene rings is 1. The van der Waals surface area contributed by atoms with E-state index in [1.165, 1.54) is 5.38 Å². The number of hydrogen-bond donors (Lipinski definition) is 1. The van der Waals surface area contributed by atoms with Gasteiger partial charge in [0.15, 0.2) is 9.84 Å². The van der Waals surface area contributed by atoms with Crippen LogP contribution in [-0.4, -0.2) is 29.4 Å². The zero-order valence-electron chi connectivity index (χ0n) is 10.3. The number of carbonyl (C=O) groups is 1. The van der Waals surface area contributed by atoms with Gasteiger partial charge in [-0.25, -0.2) is 18.2 Å². The van der Waals surface area contributed by atoms with Crippen LogP contribution in [0.3, 0.4) is 0 Å². The van der Waals surface area contributed by atoms with Gasteiger partial charge in [-0.15, -0.1) is 11.3 Å². The number of rotatable bonds is 5. The van der Waals surface area contributed by atoms with Crippen molar-refractivity contribution in [2.24, 2.45) is 0 Å². The summed E-state index contributed by atoms with van der Waals surface area (Å²) in [4.78, 5) is 24.2. The minimum Gasteiger partial charge on any atom is -0.476 e. The summed E-state index contributed by atoms with van der Waals surface area (Å²) in [6.45, 7) is 0. The highest BCUT2D eigenvalue weighted by Gasteiger charge is 2.19. The van der Waals surface area contributed by atoms with Crippen molar-refractivity contribution in [3.05, 3.63) is 50.5 Å². The van der Waals surface area contributed by atoms with Crippen molar-refractivity contribution in [3.8, 4) is 0 Å². The first kappa shape index (κ1) is 15.1. The summed E-state index contributed by atoms with van der Waals surface area (Å²) in [5, 5.41) is 20.4. The molecule has 0 fully saturated rings. The Hall–Kier alpha value is -2.33. The predicted octanol–water partition coefficient (Wildman–Crippen LogP) is 1.72. The Bertz CT molecular complexity index is 794. The number of nitro groups is 1. The zero-order chi connectivity index (χ0) is 15.6. The third kappa shape index (κ3) is 3.41. The summed E-state index contributed by atoms with van der Waals surface area (Å²) in [5.41, 5.74) is -0.0912. The van der Waals surface area contributed by atoms with Crippen LogP contribution >= 0.6 is 11.3 Å². The molecule has 0 bridgehead atoms. The molecule has 2 rings (SSSR count). The lowest BCUT2D eigenvalue weighted by Gasteiger charge is -2.02. The molecule has 110 valence electrons. The van der Waals surface area contributed by atoms with E-state index in [0.29, 0.717) is 0 Å². The summed E-state index contributed by atoms with van der Waals surface area (Å²) in [6.07, 6.45) is 0. The molecular formula is C11H8N2O6S2. The highest BCUT2D eigenvalue weighted by Crippen LogP contribution is 2.20. The van der Waals surface area contributed by atoms with Crippen molar-refractivity contribution in [2.45, 2.75) is 10.6 Å². The molecule has 0 saturated heterocycles. The number of non-ortho nitro benzene ring substituents is 1. The Kier molecular flexibility index (Phi) is 4.00. The first-order valence-electron chi connectivity index (χ1n) is 5.44. The molecule has 0 atom stereocenters. The Morgan fingerprint density at radius 2 is 1.95 bits per heavy atom. The summed E-state index contributed by atoms with van der Waals surface area (Å²) in [7, 11) is -3.74. The van der Waals surface area contributed by atoms with E-state index in [1.807, 2.05) is 0 Å². The highest BCUT2D eigenvalue weighted by atomic mass is 32.2. The normalized spacial score (nSPS) is 11.2. The van der Waals surface area contributed by atoms with Gasteiger partial charge in [-0.05, 0) is 12.1 Å². The van der Waals surface area contributed by atoms with E-state index in [4.69, 9.17) is 5.11 Å². The van der Waals surface area contributed by atoms with Crippen LogP contribution in [0.5, 0.6) is 0 Å². The van der Waals surface area contributed by atoms with Crippen LogP contribution in [0.15, 0.2) is 34.5 Å². The molecule has 0 unspecified atom stereocenters. The number of nitro benzene ring substituents is 1. The van der Waals surface area contributed by atoms with Crippen molar-refractivity contribution >= 4 is 32.8 Å². The minimum atomic E-state index is -3.74. The van der Waals surface area contributed by atoms with E-state index in [-0.39, 0.29) is 21.3 Å². The monoisotopic (exact) mass is 328 g/mol. The third-order valence-corrected chi connectivity index (χ3v) is 5.02. The van der Waals surface area contributed by atoms with Gasteiger partial charge in [-0.2, -0.15) is 0 Å². The predicted molar refractivity (Wildman–Crippen MR) is 73.1 cm³/mol. The summed E-state index contributed by atoms with van der Waals surface area (Å²) >= 11 is 0.835. The van der Waals surface area contributed by atoms with E-state index in [1.54, 1.807) is 0 Å². The fraction of sp³-hybridized carbons (Fsp3) is 0.0909. The number of sulfone groups is 1. The van der Waals surface area contributed by atoms with Gasteiger partial charge in [-0.3, -0.25) is 10.1 Å². The van der Waals surface area contributed by atoms with Crippen molar-refractivity contribution in [3.63, 3.8) is 0 Å². The van der Waals surface area contributed by atoms with Gasteiger partial charge in [0.05, 0.1) is 21.3 Å². The van der Waals surface area contributed by atoms with Crippen LogP contribution in [0, 0.1) is 10.1 Å². The largest absolute Gasteiger partial charge is 0.476 e. The fourth-order valence-corrected chi connectivity index (χ4v) is 3.54. The molecule has 8 nitrogen and oxygen atoms in total. The fourth-order valence-electron chi connectivity index (χ4n) is 1.52. The van der Waals surface area contributed by atoms with Gasteiger partial charge in [0.25, 0.3) is 5.69 Å². The lowest BCUT2D eigenvalue weighted by Crippen LogP contribution is -2.06. The Labute approximate surface area is 122 Å². The van der Waals surface area contributed by atoms with Gasteiger partial charge >= 0.3 is 5.97 Å².